The first-order chi connectivity index (χ1) is 9.54. The lowest BCUT2D eigenvalue weighted by Crippen LogP contribution is -2.45. The lowest BCUT2D eigenvalue weighted by Gasteiger charge is -2.29. The van der Waals surface area contributed by atoms with Gasteiger partial charge < -0.3 is 5.32 Å². The van der Waals surface area contributed by atoms with E-state index in [1.54, 1.807) is 28.6 Å². The summed E-state index contributed by atoms with van der Waals surface area (Å²) in [6, 6.07) is 6.61. The van der Waals surface area contributed by atoms with Crippen LogP contribution in [-0.4, -0.2) is 38.4 Å². The van der Waals surface area contributed by atoms with Crippen molar-refractivity contribution in [1.82, 2.24) is 9.62 Å². The standard InChI is InChI=1S/C14H21ClN2O2S/c1-2-17(11-13-5-3-4-10-16-13)20(18,19)14-8-6-12(15)7-9-14/h6-9,13,16H,2-5,10-11H2,1H3. The van der Waals surface area contributed by atoms with Crippen LogP contribution in [0.15, 0.2) is 29.2 Å². The molecule has 0 aliphatic carbocycles. The third kappa shape index (κ3) is 3.73. The van der Waals surface area contributed by atoms with E-state index in [4.69, 9.17) is 11.6 Å². The van der Waals surface area contributed by atoms with Gasteiger partial charge in [0, 0.05) is 24.2 Å². The summed E-state index contributed by atoms with van der Waals surface area (Å²) in [6.45, 7) is 3.85. The lowest BCUT2D eigenvalue weighted by atomic mass is 10.1. The highest BCUT2D eigenvalue weighted by atomic mass is 35.5. The number of hydrogen-bond acceptors (Lipinski definition) is 3. The van der Waals surface area contributed by atoms with Crippen molar-refractivity contribution in [3.05, 3.63) is 29.3 Å². The zero-order valence-corrected chi connectivity index (χ0v) is 13.3. The van der Waals surface area contributed by atoms with Crippen molar-refractivity contribution < 1.29 is 8.42 Å². The number of halogens is 1. The lowest BCUT2D eigenvalue weighted by molar-refractivity contribution is 0.319. The fourth-order valence-electron chi connectivity index (χ4n) is 2.48. The first-order valence-electron chi connectivity index (χ1n) is 7.03. The van der Waals surface area contributed by atoms with Crippen LogP contribution in [0.5, 0.6) is 0 Å². The molecule has 1 aliphatic heterocycles. The minimum atomic E-state index is -3.43. The van der Waals surface area contributed by atoms with Gasteiger partial charge >= 0.3 is 0 Å². The molecule has 0 bridgehead atoms. The molecule has 0 amide bonds. The molecule has 1 aromatic rings. The number of sulfonamides is 1. The molecule has 0 spiro atoms. The topological polar surface area (TPSA) is 49.4 Å². The third-order valence-electron chi connectivity index (χ3n) is 3.64. The minimum absolute atomic E-state index is 0.255. The van der Waals surface area contributed by atoms with Crippen molar-refractivity contribution in [2.24, 2.45) is 0 Å². The Balaban J connectivity index is 2.14. The second kappa shape index (κ2) is 6.89. The van der Waals surface area contributed by atoms with E-state index in [0.29, 0.717) is 23.0 Å². The molecule has 20 heavy (non-hydrogen) atoms. The highest BCUT2D eigenvalue weighted by molar-refractivity contribution is 7.89. The van der Waals surface area contributed by atoms with Crippen molar-refractivity contribution in [1.29, 1.82) is 0 Å². The second-order valence-electron chi connectivity index (χ2n) is 5.06. The molecule has 1 fully saturated rings. The van der Waals surface area contributed by atoms with Crippen molar-refractivity contribution in [2.75, 3.05) is 19.6 Å². The van der Waals surface area contributed by atoms with Crippen molar-refractivity contribution >= 4 is 21.6 Å². The van der Waals surface area contributed by atoms with Gasteiger partial charge in [-0.05, 0) is 43.7 Å². The van der Waals surface area contributed by atoms with Gasteiger partial charge in [0.2, 0.25) is 10.0 Å². The highest BCUT2D eigenvalue weighted by Gasteiger charge is 2.26. The molecule has 0 radical (unpaired) electrons. The predicted octanol–water partition coefficient (Wildman–Crippen LogP) is 2.49. The van der Waals surface area contributed by atoms with E-state index >= 15 is 0 Å². The van der Waals surface area contributed by atoms with Crippen LogP contribution in [0, 0.1) is 0 Å². The smallest absolute Gasteiger partial charge is 0.243 e. The molecule has 0 saturated carbocycles. The Hall–Kier alpha value is -0.620. The van der Waals surface area contributed by atoms with Gasteiger partial charge in [-0.25, -0.2) is 8.42 Å². The zero-order valence-electron chi connectivity index (χ0n) is 11.7. The number of likely N-dealkylation sites (N-methyl/N-ethyl adjacent to an activating group) is 1. The third-order valence-corrected chi connectivity index (χ3v) is 5.85. The van der Waals surface area contributed by atoms with Gasteiger partial charge in [-0.1, -0.05) is 24.9 Å². The molecule has 1 aromatic carbocycles. The quantitative estimate of drug-likeness (QED) is 0.908. The van der Waals surface area contributed by atoms with E-state index < -0.39 is 10.0 Å². The molecule has 2 rings (SSSR count). The van der Waals surface area contributed by atoms with Crippen molar-refractivity contribution in [3.8, 4) is 0 Å². The fraction of sp³-hybridized carbons (Fsp3) is 0.571. The molecule has 1 saturated heterocycles. The fourth-order valence-corrected chi connectivity index (χ4v) is 4.10. The first kappa shape index (κ1) is 15.8. The maximum Gasteiger partial charge on any atom is 0.243 e. The van der Waals surface area contributed by atoms with E-state index in [2.05, 4.69) is 5.32 Å². The molecule has 112 valence electrons. The molecule has 1 heterocycles. The van der Waals surface area contributed by atoms with Crippen LogP contribution in [0.25, 0.3) is 0 Å². The van der Waals surface area contributed by atoms with Crippen LogP contribution in [0.3, 0.4) is 0 Å². The van der Waals surface area contributed by atoms with Gasteiger partial charge in [0.1, 0.15) is 0 Å². The first-order valence-corrected chi connectivity index (χ1v) is 8.85. The summed E-state index contributed by atoms with van der Waals surface area (Å²) in [5.74, 6) is 0. The van der Waals surface area contributed by atoms with Gasteiger partial charge in [0.25, 0.3) is 0 Å². The van der Waals surface area contributed by atoms with Crippen LogP contribution >= 0.6 is 11.6 Å². The normalized spacial score (nSPS) is 20.2. The number of benzene rings is 1. The van der Waals surface area contributed by atoms with Gasteiger partial charge in [0.15, 0.2) is 0 Å². The molecule has 1 unspecified atom stereocenters. The van der Waals surface area contributed by atoms with E-state index in [1.807, 2.05) is 6.92 Å². The van der Waals surface area contributed by atoms with E-state index in [-0.39, 0.29) is 6.04 Å². The molecule has 1 N–H and O–H groups in total. The summed E-state index contributed by atoms with van der Waals surface area (Å²) in [4.78, 5) is 0.305. The van der Waals surface area contributed by atoms with E-state index in [1.165, 1.54) is 6.42 Å². The Labute approximate surface area is 126 Å². The number of nitrogens with zero attached hydrogens (tertiary/aromatic N) is 1. The number of hydrogen-bond donors (Lipinski definition) is 1. The molecule has 1 aliphatic rings. The van der Waals surface area contributed by atoms with Crippen LogP contribution in [0.2, 0.25) is 5.02 Å². The maximum atomic E-state index is 12.6. The minimum Gasteiger partial charge on any atom is -0.313 e. The average Bonchev–Trinajstić information content (AvgIpc) is 2.46. The number of piperidine rings is 1. The molecule has 1 atom stereocenters. The second-order valence-corrected chi connectivity index (χ2v) is 7.43. The van der Waals surface area contributed by atoms with Crippen LogP contribution < -0.4 is 5.32 Å². The summed E-state index contributed by atoms with van der Waals surface area (Å²) in [5, 5.41) is 3.93. The molecular weight excluding hydrogens is 296 g/mol. The highest BCUT2D eigenvalue weighted by Crippen LogP contribution is 2.19. The summed E-state index contributed by atoms with van der Waals surface area (Å²) in [5.41, 5.74) is 0. The Morgan fingerprint density at radius 3 is 2.55 bits per heavy atom. The van der Waals surface area contributed by atoms with Gasteiger partial charge in [0.05, 0.1) is 4.90 Å². The Kier molecular flexibility index (Phi) is 5.43. The summed E-state index contributed by atoms with van der Waals surface area (Å²) in [6.07, 6.45) is 3.37. The van der Waals surface area contributed by atoms with Crippen molar-refractivity contribution in [3.63, 3.8) is 0 Å². The number of rotatable bonds is 5. The Morgan fingerprint density at radius 2 is 2.00 bits per heavy atom. The molecule has 6 heteroatoms. The average molecular weight is 317 g/mol. The molecular formula is C14H21ClN2O2S. The monoisotopic (exact) mass is 316 g/mol. The van der Waals surface area contributed by atoms with Gasteiger partial charge in [-0.15, -0.1) is 0 Å². The summed E-state index contributed by atoms with van der Waals surface area (Å²) < 4.78 is 26.7. The number of nitrogens with one attached hydrogen (secondary N) is 1. The zero-order chi connectivity index (χ0) is 14.6. The van der Waals surface area contributed by atoms with Gasteiger partial charge in [-0.3, -0.25) is 0 Å². The Morgan fingerprint density at radius 1 is 1.30 bits per heavy atom. The van der Waals surface area contributed by atoms with E-state index in [0.717, 1.165) is 19.4 Å². The SMILES string of the molecule is CCN(CC1CCCCN1)S(=O)(=O)c1ccc(Cl)cc1. The molecule has 0 aromatic heterocycles. The van der Waals surface area contributed by atoms with Gasteiger partial charge in [-0.2, -0.15) is 4.31 Å². The van der Waals surface area contributed by atoms with Crippen LogP contribution in [0.1, 0.15) is 26.2 Å². The maximum absolute atomic E-state index is 12.6. The predicted molar refractivity (Wildman–Crippen MR) is 81.5 cm³/mol. The van der Waals surface area contributed by atoms with E-state index in [9.17, 15) is 8.42 Å². The molecule has 4 nitrogen and oxygen atoms in total. The summed E-state index contributed by atoms with van der Waals surface area (Å²) in [7, 11) is -3.43. The summed E-state index contributed by atoms with van der Waals surface area (Å²) >= 11 is 5.81. The van der Waals surface area contributed by atoms with Crippen molar-refractivity contribution in [2.45, 2.75) is 37.1 Å². The largest absolute Gasteiger partial charge is 0.313 e. The van der Waals surface area contributed by atoms with Crippen LogP contribution in [-0.2, 0) is 10.0 Å². The Bertz CT molecular complexity index is 525. The van der Waals surface area contributed by atoms with Crippen LogP contribution in [0.4, 0.5) is 0 Å².